The van der Waals surface area contributed by atoms with E-state index in [0.717, 1.165) is 0 Å². The van der Waals surface area contributed by atoms with Crippen molar-refractivity contribution in [1.29, 1.82) is 0 Å². The van der Waals surface area contributed by atoms with Gasteiger partial charge in [-0.05, 0) is 33.0 Å². The van der Waals surface area contributed by atoms with Gasteiger partial charge in [0, 0.05) is 18.4 Å². The second-order valence-corrected chi connectivity index (χ2v) is 6.59. The van der Waals surface area contributed by atoms with Crippen LogP contribution in [0.4, 0.5) is 17.6 Å². The lowest BCUT2D eigenvalue weighted by Crippen LogP contribution is -2.47. The molecule has 2 rings (SSSR count). The minimum Gasteiger partial charge on any atom is -0.479 e. The number of ether oxygens (including phenoxy) is 1. The van der Waals surface area contributed by atoms with Gasteiger partial charge in [0.15, 0.2) is 23.2 Å². The minimum absolute atomic E-state index is 0.0103. The molecule has 1 fully saturated rings. The summed E-state index contributed by atoms with van der Waals surface area (Å²) in [7, 11) is 1.91. The quantitative estimate of drug-likeness (QED) is 0.405. The van der Waals surface area contributed by atoms with Gasteiger partial charge >= 0.3 is 0 Å². The zero-order valence-corrected chi connectivity index (χ0v) is 15.1. The average molecular weight is 404 g/mol. The summed E-state index contributed by atoms with van der Waals surface area (Å²) < 4.78 is 58.1. The van der Waals surface area contributed by atoms with Crippen LogP contribution in [0, 0.1) is 29.2 Å². The van der Waals surface area contributed by atoms with Gasteiger partial charge in [0.1, 0.15) is 12.9 Å². The van der Waals surface area contributed by atoms with Gasteiger partial charge in [0.25, 0.3) is 0 Å². The van der Waals surface area contributed by atoms with Crippen LogP contribution in [-0.4, -0.2) is 55.7 Å². The molecule has 1 amide bonds. The lowest BCUT2D eigenvalue weighted by atomic mass is 9.95. The van der Waals surface area contributed by atoms with Crippen LogP contribution in [0.15, 0.2) is 6.07 Å². The highest BCUT2D eigenvalue weighted by Crippen LogP contribution is 2.26. The molecule has 6 nitrogen and oxygen atoms in total. The van der Waals surface area contributed by atoms with Crippen molar-refractivity contribution in [1.82, 2.24) is 10.2 Å². The Labute approximate surface area is 158 Å². The first-order chi connectivity index (χ1) is 13.2. The second-order valence-electron chi connectivity index (χ2n) is 6.59. The third-order valence-electron chi connectivity index (χ3n) is 4.56. The van der Waals surface area contributed by atoms with E-state index in [1.807, 2.05) is 11.9 Å². The fourth-order valence-corrected chi connectivity index (χ4v) is 2.85. The Morgan fingerprint density at radius 1 is 1.21 bits per heavy atom. The van der Waals surface area contributed by atoms with E-state index in [0.29, 0.717) is 32.2 Å². The molecule has 1 aromatic carbocycles. The lowest BCUT2D eigenvalue weighted by molar-refractivity contribution is -0.132. The molecule has 1 atom stereocenters. The number of carbonyl (C=O) groups excluding carboxylic acids is 3. The zero-order chi connectivity index (χ0) is 20.8. The van der Waals surface area contributed by atoms with Gasteiger partial charge in [-0.15, -0.1) is 0 Å². The lowest BCUT2D eigenvalue weighted by Gasteiger charge is -2.29. The number of likely N-dealkylation sites (tertiary alicyclic amines) is 1. The fourth-order valence-electron chi connectivity index (χ4n) is 2.85. The zero-order valence-electron chi connectivity index (χ0n) is 15.1. The Kier molecular flexibility index (Phi) is 7.50. The number of halogens is 4. The van der Waals surface area contributed by atoms with E-state index in [1.54, 1.807) is 0 Å². The molecule has 1 unspecified atom stereocenters. The molecule has 0 spiro atoms. The molecule has 0 bridgehead atoms. The minimum atomic E-state index is -1.78. The maximum absolute atomic E-state index is 13.6. The topological polar surface area (TPSA) is 75.7 Å². The number of Topliss-reactive ketones (excluding diaryl/α,β-unsaturated/α-hetero) is 1. The molecule has 1 heterocycles. The fraction of sp³-hybridized carbons (Fsp3) is 0.500. The van der Waals surface area contributed by atoms with E-state index in [1.165, 1.54) is 0 Å². The first-order valence-corrected chi connectivity index (χ1v) is 8.65. The summed E-state index contributed by atoms with van der Waals surface area (Å²) in [6.07, 6.45) is 1.20. The third kappa shape index (κ3) is 5.28. The molecule has 0 aromatic heterocycles. The van der Waals surface area contributed by atoms with Crippen molar-refractivity contribution < 1.29 is 36.7 Å². The van der Waals surface area contributed by atoms with Crippen LogP contribution in [0.2, 0.25) is 0 Å². The average Bonchev–Trinajstić information content (AvgIpc) is 2.66. The molecule has 1 aliphatic rings. The molecular formula is C18H20F4N2O4. The van der Waals surface area contributed by atoms with Gasteiger partial charge in [0.2, 0.25) is 17.5 Å². The van der Waals surface area contributed by atoms with Crippen molar-refractivity contribution in [3.05, 3.63) is 29.3 Å². The molecule has 154 valence electrons. The normalized spacial score (nSPS) is 16.5. The number of hydrogen-bond donors (Lipinski definition) is 1. The first kappa shape index (κ1) is 21.8. The molecule has 1 N–H and O–H groups in total. The largest absolute Gasteiger partial charge is 0.479 e. The van der Waals surface area contributed by atoms with E-state index in [4.69, 9.17) is 0 Å². The van der Waals surface area contributed by atoms with Crippen LogP contribution in [0.1, 0.15) is 19.3 Å². The first-order valence-electron chi connectivity index (χ1n) is 8.65. The molecule has 0 radical (unpaired) electrons. The molecule has 10 heteroatoms. The highest BCUT2D eigenvalue weighted by molar-refractivity contribution is 5.92. The predicted octanol–water partition coefficient (Wildman–Crippen LogP) is 1.61. The van der Waals surface area contributed by atoms with Crippen molar-refractivity contribution in [3.8, 4) is 5.75 Å². The Bertz CT molecular complexity index is 725. The van der Waals surface area contributed by atoms with Crippen LogP contribution in [0.25, 0.3) is 0 Å². The van der Waals surface area contributed by atoms with E-state index < -0.39 is 53.4 Å². The number of carbonyl (C=O) groups is 3. The van der Waals surface area contributed by atoms with Gasteiger partial charge in [-0.25, -0.2) is 8.78 Å². The number of amides is 1. The van der Waals surface area contributed by atoms with Crippen LogP contribution in [-0.2, 0) is 14.4 Å². The Morgan fingerprint density at radius 3 is 2.32 bits per heavy atom. The number of hydrogen-bond acceptors (Lipinski definition) is 5. The van der Waals surface area contributed by atoms with E-state index >= 15 is 0 Å². The molecule has 1 aliphatic heterocycles. The summed E-state index contributed by atoms with van der Waals surface area (Å²) in [5.74, 6) is -9.91. The van der Waals surface area contributed by atoms with E-state index in [-0.39, 0.29) is 18.4 Å². The smallest absolute Gasteiger partial charge is 0.223 e. The standard InChI is InChI=1S/C18H20F4N2O4/c1-24-5-2-10(3-6-24)18(27)23-13(4-7-25)14(26)9-28-17-15(21)11(19)8-12(20)16(17)22/h7-8,10,13H,2-6,9H2,1H3,(H,23,27). The number of aldehydes is 1. The number of piperidine rings is 1. The number of nitrogens with one attached hydrogen (secondary N) is 1. The molecule has 0 saturated carbocycles. The van der Waals surface area contributed by atoms with Crippen LogP contribution < -0.4 is 10.1 Å². The van der Waals surface area contributed by atoms with Crippen LogP contribution in [0.5, 0.6) is 5.75 Å². The van der Waals surface area contributed by atoms with Crippen molar-refractivity contribution in [3.63, 3.8) is 0 Å². The van der Waals surface area contributed by atoms with E-state index in [2.05, 4.69) is 10.1 Å². The summed E-state index contributed by atoms with van der Waals surface area (Å²) in [6, 6.07) is -1.26. The van der Waals surface area contributed by atoms with Gasteiger partial charge < -0.3 is 19.7 Å². The monoisotopic (exact) mass is 404 g/mol. The summed E-state index contributed by atoms with van der Waals surface area (Å²) >= 11 is 0. The van der Waals surface area contributed by atoms with Gasteiger partial charge in [0.05, 0.1) is 6.04 Å². The molecule has 0 aliphatic carbocycles. The summed E-state index contributed by atoms with van der Waals surface area (Å²) in [6.45, 7) is 0.428. The number of benzene rings is 1. The maximum Gasteiger partial charge on any atom is 0.223 e. The molecular weight excluding hydrogens is 384 g/mol. The van der Waals surface area contributed by atoms with Crippen molar-refractivity contribution >= 4 is 18.0 Å². The third-order valence-corrected chi connectivity index (χ3v) is 4.56. The van der Waals surface area contributed by atoms with Crippen molar-refractivity contribution in [2.45, 2.75) is 25.3 Å². The Hall–Kier alpha value is -2.49. The van der Waals surface area contributed by atoms with Crippen molar-refractivity contribution in [2.75, 3.05) is 26.7 Å². The molecule has 1 aromatic rings. The predicted molar refractivity (Wildman–Crippen MR) is 89.6 cm³/mol. The summed E-state index contributed by atoms with van der Waals surface area (Å²) in [4.78, 5) is 37.4. The number of nitrogens with zero attached hydrogens (tertiary/aromatic N) is 1. The summed E-state index contributed by atoms with van der Waals surface area (Å²) in [5.41, 5.74) is 0. The molecule has 28 heavy (non-hydrogen) atoms. The highest BCUT2D eigenvalue weighted by Gasteiger charge is 2.29. The number of rotatable bonds is 8. The Morgan fingerprint density at radius 2 is 1.79 bits per heavy atom. The van der Waals surface area contributed by atoms with Gasteiger partial charge in [-0.3, -0.25) is 9.59 Å². The molecule has 1 saturated heterocycles. The van der Waals surface area contributed by atoms with Gasteiger partial charge in [-0.1, -0.05) is 0 Å². The van der Waals surface area contributed by atoms with Gasteiger partial charge in [-0.2, -0.15) is 8.78 Å². The van der Waals surface area contributed by atoms with E-state index in [9.17, 15) is 31.9 Å². The SMILES string of the molecule is CN1CCC(C(=O)NC(CC=O)C(=O)COc2c(F)c(F)cc(F)c2F)CC1. The van der Waals surface area contributed by atoms with Crippen LogP contribution in [0.3, 0.4) is 0 Å². The summed E-state index contributed by atoms with van der Waals surface area (Å²) in [5, 5.41) is 2.44. The van der Waals surface area contributed by atoms with Crippen molar-refractivity contribution in [2.24, 2.45) is 5.92 Å². The maximum atomic E-state index is 13.6. The van der Waals surface area contributed by atoms with Crippen LogP contribution >= 0.6 is 0 Å². The second kappa shape index (κ2) is 9.63. The number of ketones is 1. The Balaban J connectivity index is 2.01. The highest BCUT2D eigenvalue weighted by atomic mass is 19.2.